The smallest absolute Gasteiger partial charge is 0.165 e. The van der Waals surface area contributed by atoms with Crippen molar-refractivity contribution in [3.63, 3.8) is 0 Å². The molecule has 1 aromatic carbocycles. The van der Waals surface area contributed by atoms with E-state index in [4.69, 9.17) is 15.9 Å². The molecule has 0 saturated heterocycles. The summed E-state index contributed by atoms with van der Waals surface area (Å²) < 4.78 is 11.5. The van der Waals surface area contributed by atoms with Crippen LogP contribution in [0.4, 0.5) is 0 Å². The molecule has 1 aliphatic rings. The lowest BCUT2D eigenvalue weighted by Crippen LogP contribution is -2.27. The quantitative estimate of drug-likeness (QED) is 0.825. The number of terminal acetylenes is 1. The third kappa shape index (κ3) is 3.65. The van der Waals surface area contributed by atoms with E-state index in [9.17, 15) is 0 Å². The Labute approximate surface area is 115 Å². The summed E-state index contributed by atoms with van der Waals surface area (Å²) in [6.07, 6.45) is 8.07. The number of hydrogen-bond acceptors (Lipinski definition) is 3. The van der Waals surface area contributed by atoms with Crippen LogP contribution in [0.25, 0.3) is 0 Å². The molecule has 19 heavy (non-hydrogen) atoms. The number of rotatable bonds is 5. The Bertz CT molecular complexity index is 451. The maximum absolute atomic E-state index is 5.80. The van der Waals surface area contributed by atoms with Gasteiger partial charge in [0.05, 0.1) is 13.2 Å². The van der Waals surface area contributed by atoms with Crippen LogP contribution in [-0.4, -0.2) is 19.3 Å². The first-order valence-electron chi connectivity index (χ1n) is 6.89. The van der Waals surface area contributed by atoms with Crippen LogP contribution in [0.1, 0.15) is 31.7 Å². The van der Waals surface area contributed by atoms with Gasteiger partial charge in [0, 0.05) is 31.0 Å². The first kappa shape index (κ1) is 13.8. The van der Waals surface area contributed by atoms with Crippen LogP contribution in [0.5, 0.6) is 11.5 Å². The largest absolute Gasteiger partial charge is 0.490 e. The number of benzene rings is 1. The molecule has 3 nitrogen and oxygen atoms in total. The normalized spacial score (nSPS) is 15.4. The van der Waals surface area contributed by atoms with Gasteiger partial charge in [-0.15, -0.1) is 12.3 Å². The fraction of sp³-hybridized carbons (Fsp3) is 0.500. The van der Waals surface area contributed by atoms with E-state index in [0.29, 0.717) is 12.6 Å². The van der Waals surface area contributed by atoms with Gasteiger partial charge in [-0.2, -0.15) is 0 Å². The van der Waals surface area contributed by atoms with Crippen molar-refractivity contribution in [2.75, 3.05) is 13.2 Å². The zero-order valence-electron chi connectivity index (χ0n) is 11.4. The van der Waals surface area contributed by atoms with Crippen molar-refractivity contribution in [2.45, 2.75) is 38.8 Å². The molecular formula is C16H21NO2. The minimum Gasteiger partial charge on any atom is -0.490 e. The van der Waals surface area contributed by atoms with Crippen LogP contribution in [0.3, 0.4) is 0 Å². The zero-order valence-corrected chi connectivity index (χ0v) is 11.4. The Morgan fingerprint density at radius 3 is 3.00 bits per heavy atom. The lowest BCUT2D eigenvalue weighted by Gasteiger charge is -2.17. The van der Waals surface area contributed by atoms with Gasteiger partial charge in [0.15, 0.2) is 11.5 Å². The van der Waals surface area contributed by atoms with Crippen molar-refractivity contribution in [2.24, 2.45) is 0 Å². The van der Waals surface area contributed by atoms with E-state index in [2.05, 4.69) is 24.2 Å². The van der Waals surface area contributed by atoms with Crippen molar-refractivity contribution in [3.8, 4) is 23.8 Å². The lowest BCUT2D eigenvalue weighted by molar-refractivity contribution is 0.295. The number of fused-ring (bicyclic) bond motifs is 1. The molecule has 1 heterocycles. The molecule has 0 amide bonds. The number of ether oxygens (including phenoxy) is 2. The molecule has 102 valence electrons. The molecule has 0 fully saturated rings. The van der Waals surface area contributed by atoms with Crippen LogP contribution < -0.4 is 14.8 Å². The van der Waals surface area contributed by atoms with E-state index >= 15 is 0 Å². The Hall–Kier alpha value is -1.66. The van der Waals surface area contributed by atoms with Crippen LogP contribution in [0, 0.1) is 12.3 Å². The molecule has 1 aliphatic heterocycles. The number of nitrogens with one attached hydrogen (secondary N) is 1. The Morgan fingerprint density at radius 2 is 2.21 bits per heavy atom. The fourth-order valence-corrected chi connectivity index (χ4v) is 2.15. The highest BCUT2D eigenvalue weighted by Gasteiger charge is 2.15. The molecule has 1 atom stereocenters. The van der Waals surface area contributed by atoms with E-state index in [1.165, 1.54) is 0 Å². The van der Waals surface area contributed by atoms with Crippen molar-refractivity contribution >= 4 is 0 Å². The molecule has 0 bridgehead atoms. The number of hydrogen-bond donors (Lipinski definition) is 1. The first-order valence-corrected chi connectivity index (χ1v) is 6.89. The summed E-state index contributed by atoms with van der Waals surface area (Å²) in [5.74, 6) is 4.44. The molecule has 1 N–H and O–H groups in total. The highest BCUT2D eigenvalue weighted by molar-refractivity contribution is 5.47. The maximum Gasteiger partial charge on any atom is 0.165 e. The van der Waals surface area contributed by atoms with E-state index < -0.39 is 0 Å². The molecule has 0 spiro atoms. The Kier molecular flexibility index (Phi) is 5.11. The van der Waals surface area contributed by atoms with Gasteiger partial charge in [0.25, 0.3) is 0 Å². The van der Waals surface area contributed by atoms with Gasteiger partial charge in [-0.05, 0) is 12.5 Å². The number of para-hydroxylation sites is 1. The topological polar surface area (TPSA) is 30.5 Å². The standard InChI is InChI=1S/C16H21NO2/c1-3-7-14(4-2)17-12-13-8-5-9-15-16(13)19-11-6-10-18-15/h1,5,8-9,14,17H,4,6-7,10-12H2,2H3. The second-order valence-corrected chi connectivity index (χ2v) is 4.69. The predicted octanol–water partition coefficient (Wildman–Crippen LogP) is 2.74. The SMILES string of the molecule is C#CCC(CC)NCc1cccc2c1OCCCO2. The van der Waals surface area contributed by atoms with E-state index in [1.54, 1.807) is 0 Å². The van der Waals surface area contributed by atoms with Crippen molar-refractivity contribution in [1.29, 1.82) is 0 Å². The third-order valence-corrected chi connectivity index (χ3v) is 3.29. The molecule has 0 radical (unpaired) electrons. The van der Waals surface area contributed by atoms with Gasteiger partial charge in [0.2, 0.25) is 0 Å². The summed E-state index contributed by atoms with van der Waals surface area (Å²) in [5.41, 5.74) is 1.13. The van der Waals surface area contributed by atoms with Gasteiger partial charge in [-0.25, -0.2) is 0 Å². The first-order chi connectivity index (χ1) is 9.35. The second-order valence-electron chi connectivity index (χ2n) is 4.69. The zero-order chi connectivity index (χ0) is 13.5. The molecule has 0 aliphatic carbocycles. The summed E-state index contributed by atoms with van der Waals surface area (Å²) in [7, 11) is 0. The van der Waals surface area contributed by atoms with Crippen LogP contribution >= 0.6 is 0 Å². The summed E-state index contributed by atoms with van der Waals surface area (Å²) in [6, 6.07) is 6.39. The van der Waals surface area contributed by atoms with Gasteiger partial charge in [-0.3, -0.25) is 0 Å². The highest BCUT2D eigenvalue weighted by Crippen LogP contribution is 2.33. The van der Waals surface area contributed by atoms with Gasteiger partial charge < -0.3 is 14.8 Å². The summed E-state index contributed by atoms with van der Waals surface area (Å²) in [5, 5.41) is 3.48. The van der Waals surface area contributed by atoms with E-state index in [-0.39, 0.29) is 0 Å². The molecule has 1 unspecified atom stereocenters. The molecule has 3 heteroatoms. The summed E-state index contributed by atoms with van der Waals surface area (Å²) >= 11 is 0. The molecule has 0 saturated carbocycles. The average Bonchev–Trinajstić information content (AvgIpc) is 2.69. The van der Waals surface area contributed by atoms with E-state index in [1.807, 2.05) is 12.1 Å². The maximum atomic E-state index is 5.80. The lowest BCUT2D eigenvalue weighted by atomic mass is 10.1. The summed E-state index contributed by atoms with van der Waals surface area (Å²) in [4.78, 5) is 0. The molecule has 0 aromatic heterocycles. The highest BCUT2D eigenvalue weighted by atomic mass is 16.5. The third-order valence-electron chi connectivity index (χ3n) is 3.29. The molecule has 2 rings (SSSR count). The van der Waals surface area contributed by atoms with Crippen LogP contribution in [-0.2, 0) is 6.54 Å². The van der Waals surface area contributed by atoms with Gasteiger partial charge in [0.1, 0.15) is 0 Å². The van der Waals surface area contributed by atoms with Crippen LogP contribution in [0.15, 0.2) is 18.2 Å². The van der Waals surface area contributed by atoms with Crippen molar-refractivity contribution in [3.05, 3.63) is 23.8 Å². The van der Waals surface area contributed by atoms with Crippen molar-refractivity contribution < 1.29 is 9.47 Å². The van der Waals surface area contributed by atoms with Gasteiger partial charge >= 0.3 is 0 Å². The predicted molar refractivity (Wildman–Crippen MR) is 76.4 cm³/mol. The molecule has 1 aromatic rings. The van der Waals surface area contributed by atoms with Crippen LogP contribution in [0.2, 0.25) is 0 Å². The van der Waals surface area contributed by atoms with Crippen molar-refractivity contribution in [1.82, 2.24) is 5.32 Å². The minimum absolute atomic E-state index is 0.354. The minimum atomic E-state index is 0.354. The second kappa shape index (κ2) is 7.06. The van der Waals surface area contributed by atoms with E-state index in [0.717, 1.165) is 49.5 Å². The van der Waals surface area contributed by atoms with Gasteiger partial charge in [-0.1, -0.05) is 19.1 Å². The average molecular weight is 259 g/mol. The fourth-order valence-electron chi connectivity index (χ4n) is 2.15. The Morgan fingerprint density at radius 1 is 1.37 bits per heavy atom. The molecular weight excluding hydrogens is 238 g/mol. The summed E-state index contributed by atoms with van der Waals surface area (Å²) in [6.45, 7) is 4.33. The monoisotopic (exact) mass is 259 g/mol. The Balaban J connectivity index is 2.06.